The molecule has 4 heteroatoms. The van der Waals surface area contributed by atoms with Crippen LogP contribution in [0.2, 0.25) is 0 Å². The standard InChI is InChI=1S/C20H21NO3/c1-15-7-9-17(10-8-15)11-12-20(23)24-14-19(22)21-13-18-6-4-3-5-16(18)2/h3-12H,13-14H2,1-2H3,(H,21,22)/b12-11+. The number of hydrogen-bond donors (Lipinski definition) is 1. The second-order valence-corrected chi connectivity index (χ2v) is 5.55. The molecule has 2 aromatic carbocycles. The van der Waals surface area contributed by atoms with E-state index in [2.05, 4.69) is 5.32 Å². The van der Waals surface area contributed by atoms with Gasteiger partial charge in [-0.3, -0.25) is 4.79 Å². The molecule has 2 rings (SSSR count). The van der Waals surface area contributed by atoms with E-state index in [4.69, 9.17) is 4.74 Å². The molecule has 0 atom stereocenters. The lowest BCUT2D eigenvalue weighted by Crippen LogP contribution is -2.28. The average molecular weight is 323 g/mol. The Kier molecular flexibility index (Phi) is 6.32. The van der Waals surface area contributed by atoms with Crippen LogP contribution in [-0.4, -0.2) is 18.5 Å². The Labute approximate surface area is 142 Å². The van der Waals surface area contributed by atoms with Crippen molar-refractivity contribution in [3.05, 3.63) is 76.9 Å². The van der Waals surface area contributed by atoms with Crippen LogP contribution in [0.1, 0.15) is 22.3 Å². The van der Waals surface area contributed by atoms with Crippen LogP contribution >= 0.6 is 0 Å². The highest BCUT2D eigenvalue weighted by Gasteiger charge is 2.05. The van der Waals surface area contributed by atoms with Crippen molar-refractivity contribution in [1.82, 2.24) is 5.32 Å². The summed E-state index contributed by atoms with van der Waals surface area (Å²) >= 11 is 0. The largest absolute Gasteiger partial charge is 0.452 e. The van der Waals surface area contributed by atoms with Crippen LogP contribution in [-0.2, 0) is 20.9 Å². The van der Waals surface area contributed by atoms with Crippen LogP contribution in [0.3, 0.4) is 0 Å². The first-order valence-corrected chi connectivity index (χ1v) is 7.77. The molecule has 0 aliphatic rings. The van der Waals surface area contributed by atoms with E-state index in [9.17, 15) is 9.59 Å². The van der Waals surface area contributed by atoms with E-state index in [0.717, 1.165) is 22.3 Å². The van der Waals surface area contributed by atoms with Crippen LogP contribution in [0.25, 0.3) is 6.08 Å². The van der Waals surface area contributed by atoms with Gasteiger partial charge < -0.3 is 10.1 Å². The zero-order chi connectivity index (χ0) is 17.4. The quantitative estimate of drug-likeness (QED) is 0.656. The molecule has 0 bridgehead atoms. The highest BCUT2D eigenvalue weighted by molar-refractivity contribution is 5.89. The smallest absolute Gasteiger partial charge is 0.331 e. The molecule has 0 spiro atoms. The lowest BCUT2D eigenvalue weighted by Gasteiger charge is -2.07. The number of rotatable bonds is 6. The number of carbonyl (C=O) groups excluding carboxylic acids is 2. The summed E-state index contributed by atoms with van der Waals surface area (Å²) in [7, 11) is 0. The summed E-state index contributed by atoms with van der Waals surface area (Å²) in [6.45, 7) is 4.11. The molecule has 0 aliphatic carbocycles. The first-order valence-electron chi connectivity index (χ1n) is 7.77. The summed E-state index contributed by atoms with van der Waals surface area (Å²) in [5.74, 6) is -0.864. The monoisotopic (exact) mass is 323 g/mol. The van der Waals surface area contributed by atoms with E-state index in [-0.39, 0.29) is 12.5 Å². The highest BCUT2D eigenvalue weighted by atomic mass is 16.5. The van der Waals surface area contributed by atoms with Gasteiger partial charge in [0.05, 0.1) is 0 Å². The minimum atomic E-state index is -0.540. The molecular formula is C20H21NO3. The van der Waals surface area contributed by atoms with Crippen LogP contribution in [0, 0.1) is 13.8 Å². The number of aryl methyl sites for hydroxylation is 2. The molecule has 2 aromatic rings. The Balaban J connectivity index is 1.74. The van der Waals surface area contributed by atoms with Gasteiger partial charge in [-0.05, 0) is 36.6 Å². The Morgan fingerprint density at radius 2 is 1.75 bits per heavy atom. The maximum absolute atomic E-state index is 11.7. The first-order chi connectivity index (χ1) is 11.5. The number of amides is 1. The average Bonchev–Trinajstić information content (AvgIpc) is 2.58. The predicted molar refractivity (Wildman–Crippen MR) is 94.2 cm³/mol. The Hall–Kier alpha value is -2.88. The fourth-order valence-electron chi connectivity index (χ4n) is 2.08. The lowest BCUT2D eigenvalue weighted by atomic mass is 10.1. The maximum atomic E-state index is 11.7. The molecule has 24 heavy (non-hydrogen) atoms. The summed E-state index contributed by atoms with van der Waals surface area (Å²) in [5.41, 5.74) is 4.20. The van der Waals surface area contributed by atoms with Gasteiger partial charge in [0.1, 0.15) is 0 Å². The molecule has 4 nitrogen and oxygen atoms in total. The van der Waals surface area contributed by atoms with Crippen molar-refractivity contribution in [1.29, 1.82) is 0 Å². The lowest BCUT2D eigenvalue weighted by molar-refractivity contribution is -0.143. The predicted octanol–water partition coefficient (Wildman–Crippen LogP) is 3.18. The van der Waals surface area contributed by atoms with Crippen molar-refractivity contribution in [2.75, 3.05) is 6.61 Å². The summed E-state index contributed by atoms with van der Waals surface area (Å²) in [4.78, 5) is 23.4. The molecule has 0 radical (unpaired) electrons. The van der Waals surface area contributed by atoms with E-state index in [1.165, 1.54) is 6.08 Å². The number of hydrogen-bond acceptors (Lipinski definition) is 3. The van der Waals surface area contributed by atoms with Gasteiger partial charge in [0, 0.05) is 12.6 Å². The van der Waals surface area contributed by atoms with Crippen LogP contribution in [0.5, 0.6) is 0 Å². The van der Waals surface area contributed by atoms with E-state index in [0.29, 0.717) is 6.54 Å². The molecule has 124 valence electrons. The third-order valence-electron chi connectivity index (χ3n) is 3.57. The zero-order valence-electron chi connectivity index (χ0n) is 13.9. The van der Waals surface area contributed by atoms with E-state index in [1.807, 2.05) is 62.4 Å². The van der Waals surface area contributed by atoms with Crippen LogP contribution < -0.4 is 5.32 Å². The molecule has 0 saturated heterocycles. The number of esters is 1. The molecule has 0 unspecified atom stereocenters. The SMILES string of the molecule is Cc1ccc(/C=C/C(=O)OCC(=O)NCc2ccccc2C)cc1. The topological polar surface area (TPSA) is 55.4 Å². The summed E-state index contributed by atoms with van der Waals surface area (Å²) in [6.07, 6.45) is 2.98. The van der Waals surface area contributed by atoms with Gasteiger partial charge in [0.25, 0.3) is 5.91 Å². The highest BCUT2D eigenvalue weighted by Crippen LogP contribution is 2.06. The van der Waals surface area contributed by atoms with E-state index < -0.39 is 5.97 Å². The maximum Gasteiger partial charge on any atom is 0.331 e. The van der Waals surface area contributed by atoms with Crippen LogP contribution in [0.4, 0.5) is 0 Å². The minimum Gasteiger partial charge on any atom is -0.452 e. The molecule has 1 amide bonds. The third-order valence-corrected chi connectivity index (χ3v) is 3.57. The van der Waals surface area contributed by atoms with E-state index in [1.54, 1.807) is 6.08 Å². The first kappa shape index (κ1) is 17.5. The second-order valence-electron chi connectivity index (χ2n) is 5.55. The zero-order valence-corrected chi connectivity index (χ0v) is 13.9. The van der Waals surface area contributed by atoms with Crippen LogP contribution in [0.15, 0.2) is 54.6 Å². The summed E-state index contributed by atoms with van der Waals surface area (Å²) in [5, 5.41) is 2.73. The van der Waals surface area contributed by atoms with Gasteiger partial charge in [-0.2, -0.15) is 0 Å². The van der Waals surface area contributed by atoms with E-state index >= 15 is 0 Å². The van der Waals surface area contributed by atoms with Gasteiger partial charge in [-0.1, -0.05) is 54.1 Å². The van der Waals surface area contributed by atoms with Gasteiger partial charge in [-0.15, -0.1) is 0 Å². The molecule has 0 heterocycles. The van der Waals surface area contributed by atoms with Gasteiger partial charge in [0.2, 0.25) is 0 Å². The van der Waals surface area contributed by atoms with Crippen molar-refractivity contribution in [2.45, 2.75) is 20.4 Å². The fourth-order valence-corrected chi connectivity index (χ4v) is 2.08. The number of nitrogens with one attached hydrogen (secondary N) is 1. The molecule has 0 aromatic heterocycles. The van der Waals surface area contributed by atoms with Gasteiger partial charge in [0.15, 0.2) is 6.61 Å². The number of ether oxygens (including phenoxy) is 1. The van der Waals surface area contributed by atoms with Crippen molar-refractivity contribution < 1.29 is 14.3 Å². The Morgan fingerprint density at radius 3 is 2.46 bits per heavy atom. The fraction of sp³-hybridized carbons (Fsp3) is 0.200. The van der Waals surface area contributed by atoms with Crippen molar-refractivity contribution in [3.8, 4) is 0 Å². The molecule has 0 fully saturated rings. The second kappa shape index (κ2) is 8.67. The van der Waals surface area contributed by atoms with Gasteiger partial charge >= 0.3 is 5.97 Å². The minimum absolute atomic E-state index is 0.289. The number of benzene rings is 2. The van der Waals surface area contributed by atoms with Crippen molar-refractivity contribution >= 4 is 18.0 Å². The normalized spacial score (nSPS) is 10.6. The molecule has 0 saturated carbocycles. The molecule has 0 aliphatic heterocycles. The Bertz CT molecular complexity index is 733. The summed E-state index contributed by atoms with van der Waals surface area (Å²) in [6, 6.07) is 15.5. The molecular weight excluding hydrogens is 302 g/mol. The van der Waals surface area contributed by atoms with Gasteiger partial charge in [-0.25, -0.2) is 4.79 Å². The summed E-state index contributed by atoms with van der Waals surface area (Å²) < 4.78 is 4.93. The van der Waals surface area contributed by atoms with Crippen molar-refractivity contribution in [3.63, 3.8) is 0 Å². The Morgan fingerprint density at radius 1 is 1.04 bits per heavy atom. The number of carbonyl (C=O) groups is 2. The molecule has 1 N–H and O–H groups in total. The third kappa shape index (κ3) is 5.72. The van der Waals surface area contributed by atoms with Crippen molar-refractivity contribution in [2.24, 2.45) is 0 Å².